The quantitative estimate of drug-likeness (QED) is 0.812. The molecule has 2 radical (unpaired) electrons. The van der Waals surface area contributed by atoms with Crippen molar-refractivity contribution in [2.45, 2.75) is 18.3 Å². The summed E-state index contributed by atoms with van der Waals surface area (Å²) >= 11 is 0. The number of ether oxygens (including phenoxy) is 1. The van der Waals surface area contributed by atoms with Crippen LogP contribution in [0.25, 0.3) is 0 Å². The van der Waals surface area contributed by atoms with E-state index in [2.05, 4.69) is 4.98 Å². The molecule has 0 atom stereocenters. The molecule has 2 fully saturated rings. The van der Waals surface area contributed by atoms with Gasteiger partial charge in [0.2, 0.25) is 5.91 Å². The second-order valence-electron chi connectivity index (χ2n) is 5.76. The summed E-state index contributed by atoms with van der Waals surface area (Å²) in [6.07, 6.45) is 5.05. The average molecular weight is 287 g/mol. The second-order valence-corrected chi connectivity index (χ2v) is 5.76. The number of carbonyl (C=O) groups is 1. The van der Waals surface area contributed by atoms with Crippen molar-refractivity contribution in [1.82, 2.24) is 14.8 Å². The number of pyridine rings is 1. The van der Waals surface area contributed by atoms with Gasteiger partial charge in [-0.2, -0.15) is 0 Å². The van der Waals surface area contributed by atoms with E-state index in [-0.39, 0.29) is 5.91 Å². The summed E-state index contributed by atoms with van der Waals surface area (Å²) in [7, 11) is 5.89. The van der Waals surface area contributed by atoms with Crippen molar-refractivity contribution in [3.63, 3.8) is 0 Å². The van der Waals surface area contributed by atoms with Gasteiger partial charge in [0.15, 0.2) is 0 Å². The third kappa shape index (κ3) is 2.80. The minimum absolute atomic E-state index is 0.201. The van der Waals surface area contributed by atoms with Crippen LogP contribution in [0.4, 0.5) is 0 Å². The summed E-state index contributed by atoms with van der Waals surface area (Å²) < 4.78 is 5.36. The Morgan fingerprint density at radius 1 is 1.24 bits per heavy atom. The van der Waals surface area contributed by atoms with Crippen molar-refractivity contribution < 1.29 is 9.53 Å². The third-order valence-electron chi connectivity index (χ3n) is 4.57. The highest BCUT2D eigenvalue weighted by molar-refractivity contribution is 5.88. The van der Waals surface area contributed by atoms with Gasteiger partial charge in [-0.1, -0.05) is 6.07 Å². The lowest BCUT2D eigenvalue weighted by molar-refractivity contribution is -0.143. The zero-order valence-corrected chi connectivity index (χ0v) is 12.2. The first kappa shape index (κ1) is 14.5. The van der Waals surface area contributed by atoms with E-state index in [9.17, 15) is 4.79 Å². The summed E-state index contributed by atoms with van der Waals surface area (Å²) in [6, 6.07) is 3.91. The van der Waals surface area contributed by atoms with Crippen LogP contribution in [0.5, 0.6) is 0 Å². The fraction of sp³-hybridized carbons (Fsp3) is 0.562. The number of amides is 1. The number of carbonyl (C=O) groups excluding carboxylic acids is 1. The van der Waals surface area contributed by atoms with Crippen molar-refractivity contribution in [2.24, 2.45) is 0 Å². The minimum Gasteiger partial charge on any atom is -0.378 e. The van der Waals surface area contributed by atoms with E-state index in [0.717, 1.165) is 31.5 Å². The van der Waals surface area contributed by atoms with Crippen molar-refractivity contribution in [1.29, 1.82) is 0 Å². The van der Waals surface area contributed by atoms with Crippen LogP contribution in [0, 0.1) is 7.05 Å². The van der Waals surface area contributed by atoms with Gasteiger partial charge in [0, 0.05) is 32.5 Å². The standard InChI is InChI=1S/C16H21N3O2/c1-18-7-4-16(5-8-18,14-3-2-6-17-13-14)15(20)19-9-11-21-12-10-19/h1-3,6,13H,4-5,7-12H2. The normalized spacial score (nSPS) is 23.0. The Morgan fingerprint density at radius 2 is 1.95 bits per heavy atom. The van der Waals surface area contributed by atoms with Gasteiger partial charge in [-0.3, -0.25) is 14.7 Å². The SMILES string of the molecule is [CH]N1CCC(C(=O)N2CCOCC2)(c2cccnc2)CC1. The molecule has 0 aromatic carbocycles. The van der Waals surface area contributed by atoms with Crippen LogP contribution in [-0.2, 0) is 14.9 Å². The predicted molar refractivity (Wildman–Crippen MR) is 78.4 cm³/mol. The highest BCUT2D eigenvalue weighted by atomic mass is 16.5. The van der Waals surface area contributed by atoms with E-state index in [1.54, 1.807) is 11.1 Å². The maximum atomic E-state index is 13.2. The third-order valence-corrected chi connectivity index (χ3v) is 4.57. The van der Waals surface area contributed by atoms with Gasteiger partial charge in [0.1, 0.15) is 0 Å². The van der Waals surface area contributed by atoms with Crippen LogP contribution in [0.15, 0.2) is 24.5 Å². The monoisotopic (exact) mass is 287 g/mol. The molecule has 0 saturated carbocycles. The zero-order valence-electron chi connectivity index (χ0n) is 12.2. The van der Waals surface area contributed by atoms with Crippen molar-refractivity contribution in [3.05, 3.63) is 37.1 Å². The Labute approximate surface area is 125 Å². The van der Waals surface area contributed by atoms with Crippen LogP contribution >= 0.6 is 0 Å². The Hall–Kier alpha value is -1.46. The maximum absolute atomic E-state index is 13.2. The van der Waals surface area contributed by atoms with E-state index in [0.29, 0.717) is 26.3 Å². The van der Waals surface area contributed by atoms with E-state index in [1.807, 2.05) is 23.2 Å². The maximum Gasteiger partial charge on any atom is 0.233 e. The molecule has 1 aromatic heterocycles. The van der Waals surface area contributed by atoms with Gasteiger partial charge in [0.05, 0.1) is 18.6 Å². The molecule has 5 heteroatoms. The molecular formula is C16H21N3O2. The molecular weight excluding hydrogens is 266 g/mol. The van der Waals surface area contributed by atoms with Crippen LogP contribution in [-0.4, -0.2) is 60.1 Å². The van der Waals surface area contributed by atoms with E-state index >= 15 is 0 Å². The summed E-state index contributed by atoms with van der Waals surface area (Å²) in [5.41, 5.74) is 0.524. The van der Waals surface area contributed by atoms with Crippen LogP contribution in [0.3, 0.4) is 0 Å². The smallest absolute Gasteiger partial charge is 0.233 e. The highest BCUT2D eigenvalue weighted by Crippen LogP contribution is 2.37. The predicted octanol–water partition coefficient (Wildman–Crippen LogP) is 0.943. The Morgan fingerprint density at radius 3 is 2.57 bits per heavy atom. The largest absolute Gasteiger partial charge is 0.378 e. The molecule has 1 aromatic rings. The average Bonchev–Trinajstić information content (AvgIpc) is 2.57. The molecule has 2 saturated heterocycles. The number of aromatic nitrogens is 1. The topological polar surface area (TPSA) is 45.7 Å². The molecule has 21 heavy (non-hydrogen) atoms. The number of piperidine rings is 1. The first-order chi connectivity index (χ1) is 10.2. The molecule has 0 spiro atoms. The lowest BCUT2D eigenvalue weighted by Crippen LogP contribution is -2.54. The van der Waals surface area contributed by atoms with Gasteiger partial charge < -0.3 is 9.64 Å². The van der Waals surface area contributed by atoms with Gasteiger partial charge in [0.25, 0.3) is 0 Å². The lowest BCUT2D eigenvalue weighted by Gasteiger charge is -2.43. The number of hydrogen-bond donors (Lipinski definition) is 0. The van der Waals surface area contributed by atoms with Gasteiger partial charge in [-0.25, -0.2) is 0 Å². The molecule has 3 rings (SSSR count). The Kier molecular flexibility index (Phi) is 4.22. The van der Waals surface area contributed by atoms with Gasteiger partial charge in [-0.15, -0.1) is 0 Å². The molecule has 1 amide bonds. The number of morpholine rings is 1. The van der Waals surface area contributed by atoms with E-state index in [4.69, 9.17) is 11.8 Å². The fourth-order valence-electron chi connectivity index (χ4n) is 3.25. The van der Waals surface area contributed by atoms with Gasteiger partial charge in [-0.05, 0) is 37.6 Å². The van der Waals surface area contributed by atoms with Gasteiger partial charge >= 0.3 is 0 Å². The lowest BCUT2D eigenvalue weighted by atomic mass is 9.72. The van der Waals surface area contributed by atoms with Crippen LogP contribution in [0.1, 0.15) is 18.4 Å². The Balaban J connectivity index is 1.90. The molecule has 0 bridgehead atoms. The summed E-state index contributed by atoms with van der Waals surface area (Å²) in [6.45, 7) is 4.05. The summed E-state index contributed by atoms with van der Waals surface area (Å²) in [5.74, 6) is 0.201. The number of rotatable bonds is 2. The summed E-state index contributed by atoms with van der Waals surface area (Å²) in [5, 5.41) is 0. The number of nitrogens with zero attached hydrogens (tertiary/aromatic N) is 3. The molecule has 0 unspecified atom stereocenters. The molecule has 5 nitrogen and oxygen atoms in total. The molecule has 3 heterocycles. The molecule has 2 aliphatic heterocycles. The highest BCUT2D eigenvalue weighted by Gasteiger charge is 2.44. The second kappa shape index (κ2) is 6.12. The fourth-order valence-corrected chi connectivity index (χ4v) is 3.25. The molecule has 2 aliphatic rings. The molecule has 112 valence electrons. The van der Waals surface area contributed by atoms with Crippen LogP contribution < -0.4 is 0 Å². The Bertz CT molecular complexity index is 478. The number of likely N-dealkylation sites (tertiary alicyclic amines) is 1. The van der Waals surface area contributed by atoms with Crippen LogP contribution in [0.2, 0.25) is 0 Å². The van der Waals surface area contributed by atoms with Crippen molar-refractivity contribution in [3.8, 4) is 0 Å². The minimum atomic E-state index is -0.485. The van der Waals surface area contributed by atoms with Crippen molar-refractivity contribution >= 4 is 5.91 Å². The first-order valence-corrected chi connectivity index (χ1v) is 7.50. The zero-order chi connectivity index (χ0) is 14.7. The van der Waals surface area contributed by atoms with Crippen molar-refractivity contribution in [2.75, 3.05) is 39.4 Å². The summed E-state index contributed by atoms with van der Waals surface area (Å²) in [4.78, 5) is 21.1. The van der Waals surface area contributed by atoms with E-state index < -0.39 is 5.41 Å². The molecule has 0 N–H and O–H groups in total. The number of hydrogen-bond acceptors (Lipinski definition) is 4. The van der Waals surface area contributed by atoms with E-state index in [1.165, 1.54) is 0 Å². The molecule has 0 aliphatic carbocycles. The first-order valence-electron chi connectivity index (χ1n) is 7.50.